The summed E-state index contributed by atoms with van der Waals surface area (Å²) in [6.45, 7) is 8.89. The van der Waals surface area contributed by atoms with E-state index >= 15 is 0 Å². The van der Waals surface area contributed by atoms with Gasteiger partial charge in [0.05, 0.1) is 6.10 Å². The van der Waals surface area contributed by atoms with E-state index in [1.807, 2.05) is 0 Å². The first kappa shape index (κ1) is 12.0. The molecule has 14 heavy (non-hydrogen) atoms. The van der Waals surface area contributed by atoms with Gasteiger partial charge in [-0.15, -0.1) is 0 Å². The molecule has 0 aromatic carbocycles. The summed E-state index contributed by atoms with van der Waals surface area (Å²) in [7, 11) is 0. The summed E-state index contributed by atoms with van der Waals surface area (Å²) in [5.41, 5.74) is 0. The maximum absolute atomic E-state index is 10.00. The van der Waals surface area contributed by atoms with Crippen molar-refractivity contribution in [2.75, 3.05) is 0 Å². The first-order valence-electron chi connectivity index (χ1n) is 5.99. The summed E-state index contributed by atoms with van der Waals surface area (Å²) in [5.74, 6) is 0. The van der Waals surface area contributed by atoms with Gasteiger partial charge in [-0.2, -0.15) is 0 Å². The molecule has 1 saturated carbocycles. The second-order valence-electron chi connectivity index (χ2n) is 5.05. The molecule has 0 radical (unpaired) electrons. The number of aliphatic hydroxyl groups is 1. The molecular formula is C12H25NO. The van der Waals surface area contributed by atoms with Crippen molar-refractivity contribution >= 4 is 0 Å². The van der Waals surface area contributed by atoms with Gasteiger partial charge in [0.2, 0.25) is 0 Å². The van der Waals surface area contributed by atoms with E-state index in [1.165, 1.54) is 12.8 Å². The second kappa shape index (κ2) is 5.13. The van der Waals surface area contributed by atoms with E-state index in [0.29, 0.717) is 18.1 Å². The molecule has 2 heteroatoms. The van der Waals surface area contributed by atoms with E-state index < -0.39 is 0 Å². The number of rotatable bonds is 3. The molecule has 1 rings (SSSR count). The van der Waals surface area contributed by atoms with Crippen molar-refractivity contribution in [2.45, 2.75) is 77.6 Å². The van der Waals surface area contributed by atoms with Crippen LogP contribution >= 0.6 is 0 Å². The third kappa shape index (κ3) is 2.71. The molecule has 84 valence electrons. The Morgan fingerprint density at radius 1 is 1.00 bits per heavy atom. The fourth-order valence-corrected chi connectivity index (χ4v) is 2.80. The Labute approximate surface area is 88.3 Å². The minimum Gasteiger partial charge on any atom is -0.391 e. The highest BCUT2D eigenvalue weighted by Gasteiger charge is 2.31. The van der Waals surface area contributed by atoms with E-state index in [0.717, 1.165) is 12.8 Å². The fourth-order valence-electron chi connectivity index (χ4n) is 2.80. The van der Waals surface area contributed by atoms with Crippen molar-refractivity contribution in [3.05, 3.63) is 0 Å². The predicted octanol–water partition coefficient (Wildman–Crippen LogP) is 2.41. The smallest absolute Gasteiger partial charge is 0.0695 e. The van der Waals surface area contributed by atoms with E-state index in [1.54, 1.807) is 0 Å². The van der Waals surface area contributed by atoms with Crippen LogP contribution < -0.4 is 0 Å². The van der Waals surface area contributed by atoms with Gasteiger partial charge in [-0.1, -0.05) is 12.8 Å². The van der Waals surface area contributed by atoms with Crippen LogP contribution in [0, 0.1) is 0 Å². The van der Waals surface area contributed by atoms with Gasteiger partial charge in [0.15, 0.2) is 0 Å². The van der Waals surface area contributed by atoms with Crippen molar-refractivity contribution in [1.82, 2.24) is 4.90 Å². The molecule has 2 nitrogen and oxygen atoms in total. The standard InChI is InChI=1S/C12H25NO/c1-9(2)13(10(3)4)11-7-5-6-8-12(11)14/h9-12,14H,5-8H2,1-4H3/t11?,12-/m0/s1. The highest BCUT2D eigenvalue weighted by Crippen LogP contribution is 2.26. The third-order valence-corrected chi connectivity index (χ3v) is 3.27. The van der Waals surface area contributed by atoms with Crippen LogP contribution in [0.2, 0.25) is 0 Å². The SMILES string of the molecule is CC(C)N(C(C)C)C1CCCC[C@@H]1O. The lowest BCUT2D eigenvalue weighted by molar-refractivity contribution is -0.0112. The molecule has 0 bridgehead atoms. The van der Waals surface area contributed by atoms with Crippen molar-refractivity contribution in [3.8, 4) is 0 Å². The van der Waals surface area contributed by atoms with Gasteiger partial charge >= 0.3 is 0 Å². The van der Waals surface area contributed by atoms with E-state index in [2.05, 4.69) is 32.6 Å². The zero-order chi connectivity index (χ0) is 10.7. The molecule has 0 aromatic rings. The Morgan fingerprint density at radius 2 is 1.50 bits per heavy atom. The number of hydrogen-bond acceptors (Lipinski definition) is 2. The lowest BCUT2D eigenvalue weighted by atomic mass is 9.90. The predicted molar refractivity (Wildman–Crippen MR) is 60.4 cm³/mol. The molecule has 0 aromatic heterocycles. The number of nitrogens with zero attached hydrogens (tertiary/aromatic N) is 1. The van der Waals surface area contributed by atoms with Crippen LogP contribution in [0.1, 0.15) is 53.4 Å². The summed E-state index contributed by atoms with van der Waals surface area (Å²) in [5, 5.41) is 10.00. The molecule has 0 amide bonds. The quantitative estimate of drug-likeness (QED) is 0.754. The average Bonchev–Trinajstić information content (AvgIpc) is 2.07. The van der Waals surface area contributed by atoms with E-state index in [-0.39, 0.29) is 6.10 Å². The maximum Gasteiger partial charge on any atom is 0.0695 e. The van der Waals surface area contributed by atoms with E-state index in [4.69, 9.17) is 0 Å². The summed E-state index contributed by atoms with van der Waals surface area (Å²) >= 11 is 0. The monoisotopic (exact) mass is 199 g/mol. The molecule has 2 atom stereocenters. The van der Waals surface area contributed by atoms with Gasteiger partial charge in [-0.3, -0.25) is 4.90 Å². The van der Waals surface area contributed by atoms with Crippen molar-refractivity contribution in [1.29, 1.82) is 0 Å². The van der Waals surface area contributed by atoms with E-state index in [9.17, 15) is 5.11 Å². The van der Waals surface area contributed by atoms with Crippen LogP contribution in [0.25, 0.3) is 0 Å². The molecule has 1 N–H and O–H groups in total. The highest BCUT2D eigenvalue weighted by atomic mass is 16.3. The first-order valence-corrected chi connectivity index (χ1v) is 5.99. The molecule has 1 aliphatic rings. The maximum atomic E-state index is 10.00. The summed E-state index contributed by atoms with van der Waals surface area (Å²) in [4.78, 5) is 2.46. The summed E-state index contributed by atoms with van der Waals surface area (Å²) < 4.78 is 0. The molecule has 0 saturated heterocycles. The topological polar surface area (TPSA) is 23.5 Å². The zero-order valence-corrected chi connectivity index (χ0v) is 10.0. The third-order valence-electron chi connectivity index (χ3n) is 3.27. The molecule has 0 aliphatic heterocycles. The normalized spacial score (nSPS) is 29.1. The minimum absolute atomic E-state index is 0.103. The Hall–Kier alpha value is -0.0800. The summed E-state index contributed by atoms with van der Waals surface area (Å²) in [6.07, 6.45) is 4.52. The van der Waals surface area contributed by atoms with Gasteiger partial charge in [-0.25, -0.2) is 0 Å². The Balaban J connectivity index is 2.65. The van der Waals surface area contributed by atoms with Crippen LogP contribution in [0.15, 0.2) is 0 Å². The minimum atomic E-state index is -0.103. The van der Waals surface area contributed by atoms with Gasteiger partial charge in [0, 0.05) is 18.1 Å². The molecule has 0 heterocycles. The second-order valence-corrected chi connectivity index (χ2v) is 5.05. The first-order chi connectivity index (χ1) is 6.54. The lowest BCUT2D eigenvalue weighted by Gasteiger charge is -2.42. The van der Waals surface area contributed by atoms with Crippen LogP contribution in [-0.4, -0.2) is 34.2 Å². The fraction of sp³-hybridized carbons (Fsp3) is 1.00. The van der Waals surface area contributed by atoms with Crippen molar-refractivity contribution in [2.24, 2.45) is 0 Å². The van der Waals surface area contributed by atoms with Crippen molar-refractivity contribution < 1.29 is 5.11 Å². The molecule has 1 unspecified atom stereocenters. The van der Waals surface area contributed by atoms with Gasteiger partial charge in [0.1, 0.15) is 0 Å². The number of hydrogen-bond donors (Lipinski definition) is 1. The Bertz CT molecular complexity index is 160. The Kier molecular flexibility index (Phi) is 4.39. The molecule has 1 fully saturated rings. The van der Waals surface area contributed by atoms with Crippen LogP contribution in [0.5, 0.6) is 0 Å². The van der Waals surface area contributed by atoms with Crippen LogP contribution in [-0.2, 0) is 0 Å². The number of aliphatic hydroxyl groups excluding tert-OH is 1. The molecular weight excluding hydrogens is 174 g/mol. The van der Waals surface area contributed by atoms with Gasteiger partial charge in [-0.05, 0) is 40.5 Å². The largest absolute Gasteiger partial charge is 0.391 e. The average molecular weight is 199 g/mol. The van der Waals surface area contributed by atoms with Crippen LogP contribution in [0.4, 0.5) is 0 Å². The molecule has 0 spiro atoms. The van der Waals surface area contributed by atoms with Crippen molar-refractivity contribution in [3.63, 3.8) is 0 Å². The zero-order valence-electron chi connectivity index (χ0n) is 10.0. The van der Waals surface area contributed by atoms with Crippen LogP contribution in [0.3, 0.4) is 0 Å². The summed E-state index contributed by atoms with van der Waals surface area (Å²) in [6, 6.07) is 1.46. The molecule has 1 aliphatic carbocycles. The lowest BCUT2D eigenvalue weighted by Crippen LogP contribution is -2.51. The van der Waals surface area contributed by atoms with Gasteiger partial charge < -0.3 is 5.11 Å². The highest BCUT2D eigenvalue weighted by molar-refractivity contribution is 4.86. The van der Waals surface area contributed by atoms with Gasteiger partial charge in [0.25, 0.3) is 0 Å². The Morgan fingerprint density at radius 3 is 1.93 bits per heavy atom.